The molecule has 0 unspecified atom stereocenters. The summed E-state index contributed by atoms with van der Waals surface area (Å²) in [6.45, 7) is 8.75. The molecule has 1 aromatic heterocycles. The first-order valence-corrected chi connectivity index (χ1v) is 3.65. The Bertz CT molecular complexity index is 177. The molecular weight excluding hydrogens is 622 g/mol. The summed E-state index contributed by atoms with van der Waals surface area (Å²) in [5.41, 5.74) is 0. The van der Waals surface area contributed by atoms with E-state index in [0.717, 1.165) is 17.5 Å². The minimum Gasteiger partial charge on any atom is -0.444 e. The van der Waals surface area contributed by atoms with Gasteiger partial charge >= 0.3 is 31.1 Å². The van der Waals surface area contributed by atoms with Crippen LogP contribution in [0.25, 0.3) is 0 Å². The molecule has 0 aliphatic rings. The van der Waals surface area contributed by atoms with Gasteiger partial charge in [-0.05, 0) is 5.82 Å². The zero-order chi connectivity index (χ0) is 7.40. The van der Waals surface area contributed by atoms with Gasteiger partial charge in [0.05, 0.1) is 0 Å². The normalized spacial score (nSPS) is 8.17. The van der Waals surface area contributed by atoms with E-state index in [4.69, 9.17) is 0 Å². The first kappa shape index (κ1) is 15.9. The van der Waals surface area contributed by atoms with Gasteiger partial charge in [-0.1, -0.05) is 0 Å². The van der Waals surface area contributed by atoms with Gasteiger partial charge in [0.15, 0.2) is 0 Å². The molecule has 62 valence electrons. The summed E-state index contributed by atoms with van der Waals surface area (Å²) in [7, 11) is 0. The van der Waals surface area contributed by atoms with Crippen LogP contribution in [0.1, 0.15) is 0 Å². The van der Waals surface area contributed by atoms with Crippen LogP contribution in [-0.2, 0) is 0 Å². The van der Waals surface area contributed by atoms with Gasteiger partial charge in [0.1, 0.15) is 0 Å². The van der Waals surface area contributed by atoms with E-state index in [2.05, 4.69) is 28.8 Å². The third-order valence-electron chi connectivity index (χ3n) is 1.15. The molecule has 0 saturated carbocycles. The predicted octanol–water partition coefficient (Wildman–Crippen LogP) is 0.813. The van der Waals surface area contributed by atoms with E-state index in [1.807, 2.05) is 4.90 Å². The van der Waals surface area contributed by atoms with E-state index in [9.17, 15) is 0 Å². The zero-order valence-electron chi connectivity index (χ0n) is 6.58. The molecule has 0 fully saturated rings. The van der Waals surface area contributed by atoms with Gasteiger partial charge in [-0.15, -0.1) is 13.1 Å². The second kappa shape index (κ2) is 9.04. The van der Waals surface area contributed by atoms with Crippen molar-refractivity contribution in [2.75, 3.05) is 18.0 Å². The molecule has 12 heavy (non-hydrogen) atoms. The summed E-state index contributed by atoms with van der Waals surface area (Å²) in [6.07, 6.45) is 2.74. The number of hydrogen-bond acceptors (Lipinski definition) is 4. The second-order valence-electron chi connectivity index (χ2n) is 1.69. The topological polar surface area (TPSA) is 29.0 Å². The Morgan fingerprint density at radius 3 is 2.33 bits per heavy atom. The van der Waals surface area contributed by atoms with Crippen molar-refractivity contribution < 1.29 is 62.2 Å². The third-order valence-corrected chi connectivity index (χ3v) is 1.58. The van der Waals surface area contributed by atoms with Crippen molar-refractivity contribution in [3.8, 4) is 0 Å². The van der Waals surface area contributed by atoms with Crippen LogP contribution in [0.5, 0.6) is 0 Å². The molecular formula is C6H8N3SU2-. The Labute approximate surface area is 125 Å². The largest absolute Gasteiger partial charge is 2.00 e. The van der Waals surface area contributed by atoms with Crippen LogP contribution >= 0.6 is 11.7 Å². The summed E-state index contributed by atoms with van der Waals surface area (Å²) in [4.78, 5) is 1.89. The SMILES string of the molecule is [CH2-]CN(C[CH2-])c1[c-]nsn1.[U+2].[U]. The van der Waals surface area contributed by atoms with E-state index in [-0.39, 0.29) is 62.2 Å². The van der Waals surface area contributed by atoms with Crippen LogP contribution in [-0.4, -0.2) is 21.8 Å². The molecule has 0 aliphatic heterocycles. The summed E-state index contributed by atoms with van der Waals surface area (Å²) < 4.78 is 7.73. The molecule has 3 nitrogen and oxygen atoms in total. The Morgan fingerprint density at radius 2 is 2.00 bits per heavy atom. The summed E-state index contributed by atoms with van der Waals surface area (Å²) in [5.74, 6) is 0.745. The van der Waals surface area contributed by atoms with Crippen molar-refractivity contribution in [3.63, 3.8) is 0 Å². The molecule has 0 saturated heterocycles. The van der Waals surface area contributed by atoms with Gasteiger partial charge in [0, 0.05) is 42.8 Å². The quantitative estimate of drug-likeness (QED) is 0.464. The van der Waals surface area contributed by atoms with Crippen molar-refractivity contribution in [1.82, 2.24) is 8.75 Å². The Morgan fingerprint density at radius 1 is 1.42 bits per heavy atom. The minimum absolute atomic E-state index is 0. The number of anilines is 1. The van der Waals surface area contributed by atoms with E-state index >= 15 is 0 Å². The summed E-state index contributed by atoms with van der Waals surface area (Å²) in [5, 5.41) is 0. The van der Waals surface area contributed by atoms with Gasteiger partial charge < -0.3 is 29.3 Å². The monoisotopic (exact) mass is 630 g/mol. The molecule has 1 heterocycles. The van der Waals surface area contributed by atoms with Crippen molar-refractivity contribution in [3.05, 3.63) is 20.0 Å². The smallest absolute Gasteiger partial charge is 0.444 e. The van der Waals surface area contributed by atoms with Crippen LogP contribution in [0.4, 0.5) is 5.82 Å². The average Bonchev–Trinajstić information content (AvgIpc) is 2.43. The fourth-order valence-electron chi connectivity index (χ4n) is 0.593. The van der Waals surface area contributed by atoms with Gasteiger partial charge in [0.25, 0.3) is 0 Å². The van der Waals surface area contributed by atoms with E-state index in [1.165, 1.54) is 0 Å². The fourth-order valence-corrected chi connectivity index (χ4v) is 0.990. The van der Waals surface area contributed by atoms with E-state index < -0.39 is 0 Å². The minimum atomic E-state index is 0. The Balaban J connectivity index is 0. The molecule has 0 aromatic carbocycles. The summed E-state index contributed by atoms with van der Waals surface area (Å²) in [6, 6.07) is 0. The molecule has 6 heteroatoms. The molecule has 0 bridgehead atoms. The van der Waals surface area contributed by atoms with Gasteiger partial charge in [-0.2, -0.15) is 4.37 Å². The van der Waals surface area contributed by atoms with Crippen molar-refractivity contribution in [1.29, 1.82) is 0 Å². The van der Waals surface area contributed by atoms with Gasteiger partial charge in [-0.25, -0.2) is 0 Å². The second-order valence-corrected chi connectivity index (χ2v) is 2.22. The number of hydrogen-bond donors (Lipinski definition) is 0. The molecule has 1 rings (SSSR count). The molecule has 0 spiro atoms. The van der Waals surface area contributed by atoms with E-state index in [1.54, 1.807) is 0 Å². The van der Waals surface area contributed by atoms with E-state index in [0.29, 0.717) is 13.1 Å². The van der Waals surface area contributed by atoms with Crippen LogP contribution in [0, 0.1) is 82.3 Å². The van der Waals surface area contributed by atoms with Crippen molar-refractivity contribution >= 4 is 17.5 Å². The maximum Gasteiger partial charge on any atom is 2.00 e. The predicted molar refractivity (Wildman–Crippen MR) is 41.7 cm³/mol. The first-order valence-electron chi connectivity index (χ1n) is 2.92. The molecule has 0 atom stereocenters. The van der Waals surface area contributed by atoms with Crippen LogP contribution < -0.4 is 4.90 Å². The molecule has 0 amide bonds. The standard InChI is InChI=1S/C6H8N3S.2U/c1-3-9(4-2)6-5-7-10-8-6;;/h1-4H2;;/q-3;;+2. The van der Waals surface area contributed by atoms with Gasteiger partial charge in [-0.3, -0.25) is 0 Å². The molecule has 0 radical (unpaired) electrons. The summed E-state index contributed by atoms with van der Waals surface area (Å²) >= 11 is 1.15. The van der Waals surface area contributed by atoms with Gasteiger partial charge in [0.2, 0.25) is 0 Å². The van der Waals surface area contributed by atoms with Crippen LogP contribution in [0.15, 0.2) is 0 Å². The van der Waals surface area contributed by atoms with Crippen molar-refractivity contribution in [2.24, 2.45) is 0 Å². The first-order chi connectivity index (χ1) is 4.88. The van der Waals surface area contributed by atoms with Crippen molar-refractivity contribution in [2.45, 2.75) is 0 Å². The Kier molecular flexibility index (Phi) is 12.0. The van der Waals surface area contributed by atoms with Crippen LogP contribution in [0.3, 0.4) is 0 Å². The Hall–Kier alpha value is 1.46. The molecule has 0 N–H and O–H groups in total. The third kappa shape index (κ3) is 4.63. The fraction of sp³-hybridized carbons (Fsp3) is 0.333. The number of rotatable bonds is 3. The number of aromatic nitrogens is 2. The average molecular weight is 630 g/mol. The number of nitrogens with zero attached hydrogens (tertiary/aromatic N) is 3. The molecule has 1 aromatic rings. The maximum atomic E-state index is 3.98. The maximum absolute atomic E-state index is 3.98. The van der Waals surface area contributed by atoms with Crippen LogP contribution in [0.2, 0.25) is 0 Å². The molecule has 0 aliphatic carbocycles. The zero-order valence-corrected chi connectivity index (χ0v) is 15.7.